The van der Waals surface area contributed by atoms with Gasteiger partial charge in [-0.05, 0) is 18.2 Å². The van der Waals surface area contributed by atoms with Gasteiger partial charge < -0.3 is 20.5 Å². The van der Waals surface area contributed by atoms with Crippen molar-refractivity contribution in [3.05, 3.63) is 47.0 Å². The maximum atomic E-state index is 14.8. The summed E-state index contributed by atoms with van der Waals surface area (Å²) < 4.78 is 14.8. The van der Waals surface area contributed by atoms with Gasteiger partial charge in [-0.25, -0.2) is 9.37 Å². The van der Waals surface area contributed by atoms with Crippen LogP contribution in [0.5, 0.6) is 0 Å². The van der Waals surface area contributed by atoms with Crippen LogP contribution in [0.25, 0.3) is 11.0 Å². The summed E-state index contributed by atoms with van der Waals surface area (Å²) in [6, 6.07) is 6.86. The first-order valence-electron chi connectivity index (χ1n) is 6.99. The molecule has 8 heteroatoms. The number of hydrogen-bond donors (Lipinski definition) is 4. The number of halogens is 2. The van der Waals surface area contributed by atoms with Crippen molar-refractivity contribution in [1.82, 2.24) is 9.97 Å². The van der Waals surface area contributed by atoms with Crippen molar-refractivity contribution in [3.63, 3.8) is 0 Å². The monoisotopic (exact) mass is 333 g/mol. The van der Waals surface area contributed by atoms with Crippen molar-refractivity contribution in [3.8, 4) is 0 Å². The fourth-order valence-corrected chi connectivity index (χ4v) is 2.69. The Morgan fingerprint density at radius 3 is 2.87 bits per heavy atom. The van der Waals surface area contributed by atoms with E-state index >= 15 is 0 Å². The number of aromatic amines is 1. The summed E-state index contributed by atoms with van der Waals surface area (Å²) in [5.41, 5.74) is 2.31. The van der Waals surface area contributed by atoms with E-state index in [2.05, 4.69) is 15.3 Å². The first-order valence-corrected chi connectivity index (χ1v) is 7.36. The third-order valence-electron chi connectivity index (χ3n) is 3.60. The number of rotatable bonds is 4. The van der Waals surface area contributed by atoms with Crippen molar-refractivity contribution in [2.45, 2.75) is 6.10 Å². The number of aromatic nitrogens is 2. The van der Waals surface area contributed by atoms with Crippen LogP contribution in [0.4, 0.5) is 15.8 Å². The predicted molar refractivity (Wildman–Crippen MR) is 91.0 cm³/mol. The van der Waals surface area contributed by atoms with Gasteiger partial charge in [0.15, 0.2) is 5.82 Å². The number of nitrogens with zero attached hydrogens (tertiary/aromatic N) is 1. The number of fused-ring (bicyclic) bond motifs is 1. The van der Waals surface area contributed by atoms with Gasteiger partial charge in [0.05, 0.1) is 34.8 Å². The second-order valence-corrected chi connectivity index (χ2v) is 5.67. The van der Waals surface area contributed by atoms with Crippen LogP contribution < -0.4 is 10.8 Å². The molecule has 0 aliphatic heterocycles. The Balaban J connectivity index is 2.15. The van der Waals surface area contributed by atoms with Crippen molar-refractivity contribution in [2.24, 2.45) is 0 Å². The Morgan fingerprint density at radius 1 is 1.39 bits per heavy atom. The fourth-order valence-electron chi connectivity index (χ4n) is 2.41. The van der Waals surface area contributed by atoms with Gasteiger partial charge in [0, 0.05) is 5.56 Å². The average Bonchev–Trinajstić information content (AvgIpc) is 3.00. The summed E-state index contributed by atoms with van der Waals surface area (Å²) in [5, 5.41) is 22.6. The van der Waals surface area contributed by atoms with E-state index in [1.54, 1.807) is 18.2 Å². The van der Waals surface area contributed by atoms with Crippen LogP contribution in [-0.4, -0.2) is 34.6 Å². The number of aliphatic hydroxyl groups is 2. The molecule has 5 nitrogen and oxygen atoms in total. The number of hydrogen-bond acceptors (Lipinski definition) is 4. The number of anilines is 2. The number of aliphatic hydroxyl groups excluding tert-OH is 2. The van der Waals surface area contributed by atoms with E-state index in [1.807, 2.05) is 13.9 Å². The second kappa shape index (κ2) is 6.19. The molecule has 0 spiro atoms. The lowest BCUT2D eigenvalue weighted by Gasteiger charge is -2.17. The van der Waals surface area contributed by atoms with E-state index in [0.29, 0.717) is 16.2 Å². The van der Waals surface area contributed by atoms with Crippen LogP contribution in [0.1, 0.15) is 11.7 Å². The molecule has 1 heterocycles. The molecule has 0 radical (unpaired) electrons. The lowest BCUT2D eigenvalue weighted by molar-refractivity contribution is 0.0960. The lowest BCUT2D eigenvalue weighted by atomic mass is 9.96. The first-order chi connectivity index (χ1) is 11.0. The molecule has 0 saturated heterocycles. The lowest BCUT2D eigenvalue weighted by Crippen LogP contribution is -2.09. The van der Waals surface area contributed by atoms with Crippen LogP contribution in [0.2, 0.25) is 5.02 Å². The highest BCUT2D eigenvalue weighted by Crippen LogP contribution is 2.34. The highest BCUT2D eigenvalue weighted by Gasteiger charge is 2.21. The van der Waals surface area contributed by atoms with Crippen LogP contribution in [-0.2, 0) is 0 Å². The molecule has 0 fully saturated rings. The SMILES string of the molecule is Bc1ccc(Nc2c(C(O)CO)cc3[nH]cnc3c2F)c(Cl)c1. The third kappa shape index (κ3) is 2.90. The summed E-state index contributed by atoms with van der Waals surface area (Å²) in [7, 11) is 1.90. The molecule has 4 N–H and O–H groups in total. The van der Waals surface area contributed by atoms with E-state index in [4.69, 9.17) is 11.6 Å². The molecule has 0 saturated carbocycles. The molecule has 1 unspecified atom stereocenters. The molecule has 0 amide bonds. The van der Waals surface area contributed by atoms with Crippen molar-refractivity contribution in [1.29, 1.82) is 0 Å². The van der Waals surface area contributed by atoms with Gasteiger partial charge in [-0.2, -0.15) is 0 Å². The molecule has 1 aromatic heterocycles. The maximum Gasteiger partial charge on any atom is 0.174 e. The van der Waals surface area contributed by atoms with Crippen molar-refractivity contribution >= 4 is 47.3 Å². The highest BCUT2D eigenvalue weighted by molar-refractivity contribution is 6.37. The third-order valence-corrected chi connectivity index (χ3v) is 3.91. The molecule has 3 rings (SSSR count). The minimum Gasteiger partial charge on any atom is -0.393 e. The van der Waals surface area contributed by atoms with Gasteiger partial charge in [-0.1, -0.05) is 23.1 Å². The standard InChI is InChI=1S/C15H14BClFN3O2/c16-7-1-2-10(9(17)3-7)21-14-8(12(23)5-22)4-11-15(13(14)18)20-6-19-11/h1-4,6,12,21-23H,5,16H2,(H,19,20). The summed E-state index contributed by atoms with van der Waals surface area (Å²) in [6.45, 7) is -0.532. The van der Waals surface area contributed by atoms with Crippen molar-refractivity contribution < 1.29 is 14.6 Å². The van der Waals surface area contributed by atoms with Crippen LogP contribution in [0.3, 0.4) is 0 Å². The molecular weight excluding hydrogens is 319 g/mol. The van der Waals surface area contributed by atoms with E-state index in [0.717, 1.165) is 5.46 Å². The zero-order chi connectivity index (χ0) is 16.6. The van der Waals surface area contributed by atoms with Gasteiger partial charge in [0.25, 0.3) is 0 Å². The largest absolute Gasteiger partial charge is 0.393 e. The highest BCUT2D eigenvalue weighted by atomic mass is 35.5. The van der Waals surface area contributed by atoms with Crippen LogP contribution in [0, 0.1) is 5.82 Å². The predicted octanol–water partition coefficient (Wildman–Crippen LogP) is 1.38. The van der Waals surface area contributed by atoms with Gasteiger partial charge in [0.2, 0.25) is 0 Å². The van der Waals surface area contributed by atoms with Gasteiger partial charge in [-0.3, -0.25) is 0 Å². The average molecular weight is 334 g/mol. The Kier molecular flexibility index (Phi) is 4.25. The normalized spacial score (nSPS) is 12.5. The van der Waals surface area contributed by atoms with Gasteiger partial charge in [0.1, 0.15) is 19.5 Å². The molecule has 3 aromatic rings. The number of benzene rings is 2. The summed E-state index contributed by atoms with van der Waals surface area (Å²) in [5.74, 6) is -0.622. The molecule has 118 valence electrons. The molecule has 1 atom stereocenters. The number of nitrogens with one attached hydrogen (secondary N) is 2. The van der Waals surface area contributed by atoms with Crippen molar-refractivity contribution in [2.75, 3.05) is 11.9 Å². The second-order valence-electron chi connectivity index (χ2n) is 5.26. The minimum atomic E-state index is -1.23. The Labute approximate surface area is 137 Å². The number of imidazole rings is 1. The molecule has 0 aliphatic rings. The Hall–Kier alpha value is -2.09. The maximum absolute atomic E-state index is 14.8. The van der Waals surface area contributed by atoms with E-state index in [-0.39, 0.29) is 16.8 Å². The van der Waals surface area contributed by atoms with Gasteiger partial charge in [-0.15, -0.1) is 0 Å². The fraction of sp³-hybridized carbons (Fsp3) is 0.133. The van der Waals surface area contributed by atoms with Gasteiger partial charge >= 0.3 is 0 Å². The molecular formula is C15H14BClFN3O2. The topological polar surface area (TPSA) is 81.2 Å². The Bertz CT molecular complexity index is 871. The molecule has 23 heavy (non-hydrogen) atoms. The van der Waals surface area contributed by atoms with Crippen LogP contribution >= 0.6 is 11.6 Å². The zero-order valence-electron chi connectivity index (χ0n) is 12.3. The molecule has 2 aromatic carbocycles. The number of H-pyrrole nitrogens is 1. The molecule has 0 aliphatic carbocycles. The summed E-state index contributed by atoms with van der Waals surface area (Å²) in [4.78, 5) is 6.73. The van der Waals surface area contributed by atoms with Crippen LogP contribution in [0.15, 0.2) is 30.6 Å². The quantitative estimate of drug-likeness (QED) is 0.544. The zero-order valence-corrected chi connectivity index (χ0v) is 13.0. The first kappa shape index (κ1) is 15.8. The van der Waals surface area contributed by atoms with E-state index in [9.17, 15) is 14.6 Å². The van der Waals surface area contributed by atoms with E-state index < -0.39 is 18.5 Å². The minimum absolute atomic E-state index is 0.0388. The summed E-state index contributed by atoms with van der Waals surface area (Å²) >= 11 is 6.18. The smallest absolute Gasteiger partial charge is 0.174 e. The molecule has 0 bridgehead atoms. The Morgan fingerprint density at radius 2 is 2.17 bits per heavy atom. The van der Waals surface area contributed by atoms with E-state index in [1.165, 1.54) is 6.33 Å². The summed E-state index contributed by atoms with van der Waals surface area (Å²) in [6.07, 6.45) is 0.134.